The summed E-state index contributed by atoms with van der Waals surface area (Å²) in [6.07, 6.45) is 0.760. The van der Waals surface area contributed by atoms with Crippen LogP contribution in [0.1, 0.15) is 84.2 Å². The lowest BCUT2D eigenvalue weighted by atomic mass is 9.81. The van der Waals surface area contributed by atoms with Gasteiger partial charge in [-0.2, -0.15) is 5.10 Å². The third-order valence-corrected chi connectivity index (χ3v) is 7.31. The summed E-state index contributed by atoms with van der Waals surface area (Å²) in [5, 5.41) is 18.8. The fraction of sp³-hybridized carbons (Fsp3) is 0.457. The molecular formula is C35H45F2N5O6. The normalized spacial score (nSPS) is 12.9. The molecule has 0 radical (unpaired) electrons. The first-order chi connectivity index (χ1) is 22.4. The fourth-order valence-electron chi connectivity index (χ4n) is 5.29. The molecule has 1 heterocycles. The van der Waals surface area contributed by atoms with Gasteiger partial charge in [0.1, 0.15) is 29.0 Å². The summed E-state index contributed by atoms with van der Waals surface area (Å²) in [5.41, 5.74) is 0.441. The number of amides is 3. The van der Waals surface area contributed by atoms with Crippen molar-refractivity contribution in [2.75, 3.05) is 13.1 Å². The lowest BCUT2D eigenvalue weighted by Gasteiger charge is -2.40. The van der Waals surface area contributed by atoms with Crippen LogP contribution in [0.15, 0.2) is 54.7 Å². The minimum absolute atomic E-state index is 0.0317. The number of hydrogen-bond donors (Lipinski definition) is 3. The molecule has 3 N–H and O–H groups in total. The number of ether oxygens (including phenoxy) is 1. The second-order valence-electron chi connectivity index (χ2n) is 13.6. The van der Waals surface area contributed by atoms with Gasteiger partial charge in [0, 0.05) is 44.3 Å². The number of carboxylic acids is 1. The maximum absolute atomic E-state index is 15.0. The van der Waals surface area contributed by atoms with Crippen molar-refractivity contribution in [1.29, 1.82) is 0 Å². The van der Waals surface area contributed by atoms with Crippen LogP contribution in [0.4, 0.5) is 13.6 Å². The van der Waals surface area contributed by atoms with Gasteiger partial charge in [-0.15, -0.1) is 0 Å². The van der Waals surface area contributed by atoms with Crippen LogP contribution in [0.5, 0.6) is 0 Å². The number of halogens is 2. The van der Waals surface area contributed by atoms with Gasteiger partial charge in [-0.05, 0) is 50.3 Å². The number of carbonyl (C=O) groups excluding carboxylic acids is 3. The van der Waals surface area contributed by atoms with E-state index in [2.05, 4.69) is 10.6 Å². The van der Waals surface area contributed by atoms with E-state index >= 15 is 0 Å². The van der Waals surface area contributed by atoms with Crippen LogP contribution in [-0.4, -0.2) is 68.4 Å². The van der Waals surface area contributed by atoms with Crippen molar-refractivity contribution in [1.82, 2.24) is 25.3 Å². The van der Waals surface area contributed by atoms with Crippen molar-refractivity contribution in [3.63, 3.8) is 0 Å². The van der Waals surface area contributed by atoms with Gasteiger partial charge in [0.05, 0.1) is 18.2 Å². The van der Waals surface area contributed by atoms with Crippen molar-refractivity contribution in [2.45, 2.75) is 85.4 Å². The van der Waals surface area contributed by atoms with Crippen LogP contribution in [0, 0.1) is 17.0 Å². The van der Waals surface area contributed by atoms with Crippen LogP contribution in [0.25, 0.3) is 5.69 Å². The lowest BCUT2D eigenvalue weighted by molar-refractivity contribution is -0.137. The zero-order valence-corrected chi connectivity index (χ0v) is 28.5. The highest BCUT2D eigenvalue weighted by atomic mass is 19.1. The van der Waals surface area contributed by atoms with Gasteiger partial charge in [0.15, 0.2) is 0 Å². The van der Waals surface area contributed by atoms with E-state index in [-0.39, 0.29) is 37.5 Å². The summed E-state index contributed by atoms with van der Waals surface area (Å²) in [5.74, 6) is -3.43. The molecule has 11 nitrogen and oxygen atoms in total. The molecule has 3 amide bonds. The van der Waals surface area contributed by atoms with Gasteiger partial charge >= 0.3 is 12.1 Å². The number of benzene rings is 2. The Morgan fingerprint density at radius 1 is 1.02 bits per heavy atom. The molecule has 0 aliphatic rings. The first-order valence-electron chi connectivity index (χ1n) is 15.7. The molecule has 260 valence electrons. The largest absolute Gasteiger partial charge is 0.481 e. The average molecular weight is 670 g/mol. The molecule has 48 heavy (non-hydrogen) atoms. The number of rotatable bonds is 13. The number of carbonyl (C=O) groups is 4. The average Bonchev–Trinajstić information content (AvgIpc) is 3.36. The van der Waals surface area contributed by atoms with E-state index in [1.807, 2.05) is 51.1 Å². The predicted octanol–water partition coefficient (Wildman–Crippen LogP) is 5.55. The number of aromatic nitrogens is 2. The van der Waals surface area contributed by atoms with Gasteiger partial charge in [-0.3, -0.25) is 14.4 Å². The highest BCUT2D eigenvalue weighted by Gasteiger charge is 2.38. The molecule has 13 heteroatoms. The van der Waals surface area contributed by atoms with Crippen LogP contribution in [-0.2, 0) is 25.5 Å². The van der Waals surface area contributed by atoms with Crippen molar-refractivity contribution in [3.8, 4) is 5.69 Å². The molecule has 3 rings (SSSR count). The molecule has 0 bridgehead atoms. The Morgan fingerprint density at radius 3 is 2.27 bits per heavy atom. The van der Waals surface area contributed by atoms with E-state index in [1.54, 1.807) is 27.0 Å². The molecule has 2 atom stereocenters. The van der Waals surface area contributed by atoms with Crippen molar-refractivity contribution >= 4 is 23.9 Å². The third-order valence-electron chi connectivity index (χ3n) is 7.31. The summed E-state index contributed by atoms with van der Waals surface area (Å²) in [6.45, 7) is 11.9. The minimum atomic E-state index is -1.18. The predicted molar refractivity (Wildman–Crippen MR) is 175 cm³/mol. The second kappa shape index (κ2) is 15.9. The summed E-state index contributed by atoms with van der Waals surface area (Å²) in [4.78, 5) is 51.8. The molecule has 0 saturated heterocycles. The zero-order valence-electron chi connectivity index (χ0n) is 28.5. The van der Waals surface area contributed by atoms with Gasteiger partial charge in [0.25, 0.3) is 0 Å². The summed E-state index contributed by atoms with van der Waals surface area (Å²) < 4.78 is 35.8. The summed E-state index contributed by atoms with van der Waals surface area (Å²) >= 11 is 0. The summed E-state index contributed by atoms with van der Waals surface area (Å²) in [7, 11) is 0. The Balaban J connectivity index is 2.06. The Kier molecular flexibility index (Phi) is 12.4. The SMILES string of the molecule is CC(=O)N(CCC(NC(=O)OC(C)(C)C)C(=O)NCCC(=O)O)C(c1nn(-c2cc(F)ccc2F)cc1Cc1ccccc1)C(C)(C)C. The second-order valence-corrected chi connectivity index (χ2v) is 13.6. The maximum Gasteiger partial charge on any atom is 0.408 e. The highest BCUT2D eigenvalue weighted by Crippen LogP contribution is 2.40. The molecule has 1 aromatic heterocycles. The number of nitrogens with zero attached hydrogens (tertiary/aromatic N) is 3. The summed E-state index contributed by atoms with van der Waals surface area (Å²) in [6, 6.07) is 10.7. The van der Waals surface area contributed by atoms with Gasteiger partial charge in [-0.1, -0.05) is 51.1 Å². The van der Waals surface area contributed by atoms with Crippen molar-refractivity contribution in [3.05, 3.63) is 83.2 Å². The Bertz CT molecular complexity index is 1600. The third kappa shape index (κ3) is 10.9. The van der Waals surface area contributed by atoms with Crippen LogP contribution in [0.3, 0.4) is 0 Å². The van der Waals surface area contributed by atoms with E-state index in [0.717, 1.165) is 23.8 Å². The van der Waals surface area contributed by atoms with E-state index in [0.29, 0.717) is 17.7 Å². The first kappa shape index (κ1) is 37.6. The number of aliphatic carboxylic acids is 1. The van der Waals surface area contributed by atoms with Gasteiger partial charge < -0.3 is 25.4 Å². The molecule has 0 aliphatic carbocycles. The number of nitrogens with one attached hydrogen (secondary N) is 2. The number of carboxylic acid groups (broad SMARTS) is 1. The monoisotopic (exact) mass is 669 g/mol. The standard InChI is InChI=1S/C35H45F2N5O6/c1-22(43)41(18-16-27(32(46)38-17-15-29(44)45)39-33(47)48-35(5,6)7)31(34(2,3)4)30-24(19-23-11-9-8-10-12-23)21-42(40-30)28-20-25(36)13-14-26(28)37/h8-14,20-21,27,31H,15-19H2,1-7H3,(H,38,46)(H,39,47)(H,44,45). The number of alkyl carbamates (subject to hydrolysis) is 1. The molecule has 0 saturated carbocycles. The minimum Gasteiger partial charge on any atom is -0.481 e. The Morgan fingerprint density at radius 2 is 1.69 bits per heavy atom. The molecule has 2 aromatic carbocycles. The molecule has 2 unspecified atom stereocenters. The first-order valence-corrected chi connectivity index (χ1v) is 15.7. The Hall–Kier alpha value is -4.81. The zero-order chi connectivity index (χ0) is 35.8. The van der Waals surface area contributed by atoms with Crippen LogP contribution < -0.4 is 10.6 Å². The van der Waals surface area contributed by atoms with Crippen molar-refractivity contribution < 1.29 is 37.8 Å². The molecule has 0 aliphatic heterocycles. The van der Waals surface area contributed by atoms with E-state index in [1.165, 1.54) is 16.5 Å². The fourth-order valence-corrected chi connectivity index (χ4v) is 5.29. The van der Waals surface area contributed by atoms with Gasteiger partial charge in [0.2, 0.25) is 11.8 Å². The molecular weight excluding hydrogens is 624 g/mol. The topological polar surface area (TPSA) is 143 Å². The highest BCUT2D eigenvalue weighted by molar-refractivity contribution is 5.86. The van der Waals surface area contributed by atoms with Crippen molar-refractivity contribution in [2.24, 2.45) is 5.41 Å². The molecule has 0 spiro atoms. The quantitative estimate of drug-likeness (QED) is 0.217. The van der Waals surface area contributed by atoms with Gasteiger partial charge in [-0.25, -0.2) is 18.3 Å². The van der Waals surface area contributed by atoms with Crippen LogP contribution >= 0.6 is 0 Å². The number of hydrogen-bond acceptors (Lipinski definition) is 6. The smallest absolute Gasteiger partial charge is 0.408 e. The Labute approximate surface area is 279 Å². The van der Waals surface area contributed by atoms with E-state index in [9.17, 15) is 28.0 Å². The van der Waals surface area contributed by atoms with Crippen LogP contribution in [0.2, 0.25) is 0 Å². The maximum atomic E-state index is 15.0. The molecule has 0 fully saturated rings. The van der Waals surface area contributed by atoms with E-state index in [4.69, 9.17) is 14.9 Å². The lowest BCUT2D eigenvalue weighted by Crippen LogP contribution is -2.51. The van der Waals surface area contributed by atoms with E-state index < -0.39 is 52.7 Å². The molecule has 3 aromatic rings.